The van der Waals surface area contributed by atoms with Gasteiger partial charge in [-0.25, -0.2) is 4.79 Å². The molecule has 0 aliphatic carbocycles. The summed E-state index contributed by atoms with van der Waals surface area (Å²) in [6.07, 6.45) is -0.605. The molecule has 0 aliphatic heterocycles. The van der Waals surface area contributed by atoms with Crippen molar-refractivity contribution in [3.8, 4) is 16.9 Å². The van der Waals surface area contributed by atoms with Gasteiger partial charge in [0.15, 0.2) is 5.78 Å². The lowest BCUT2D eigenvalue weighted by Crippen LogP contribution is -2.35. The van der Waals surface area contributed by atoms with Gasteiger partial charge in [-0.05, 0) is 49.6 Å². The van der Waals surface area contributed by atoms with E-state index in [0.29, 0.717) is 12.2 Å². The van der Waals surface area contributed by atoms with Crippen LogP contribution in [0.4, 0.5) is 4.79 Å². The highest BCUT2D eigenvalue weighted by atomic mass is 16.6. The summed E-state index contributed by atoms with van der Waals surface area (Å²) in [6.45, 7) is 5.73. The maximum atomic E-state index is 12.3. The van der Waals surface area contributed by atoms with Gasteiger partial charge in [0, 0.05) is 5.56 Å². The van der Waals surface area contributed by atoms with Crippen molar-refractivity contribution in [2.24, 2.45) is 0 Å². The third-order valence-electron chi connectivity index (χ3n) is 4.44. The molecule has 3 rings (SSSR count). The molecule has 0 spiro atoms. The van der Waals surface area contributed by atoms with Gasteiger partial charge in [0.2, 0.25) is 0 Å². The van der Waals surface area contributed by atoms with E-state index in [1.165, 1.54) is 0 Å². The van der Waals surface area contributed by atoms with Gasteiger partial charge in [-0.2, -0.15) is 0 Å². The summed E-state index contributed by atoms with van der Waals surface area (Å²) in [7, 11) is 0. The molecular formula is C26H27NO4. The first kappa shape index (κ1) is 22.1. The van der Waals surface area contributed by atoms with Crippen LogP contribution in [-0.2, 0) is 11.3 Å². The minimum absolute atomic E-state index is 0.109. The van der Waals surface area contributed by atoms with Gasteiger partial charge in [-0.3, -0.25) is 4.79 Å². The largest absolute Gasteiger partial charge is 0.489 e. The van der Waals surface area contributed by atoms with Crippen LogP contribution < -0.4 is 10.1 Å². The zero-order valence-corrected chi connectivity index (χ0v) is 18.1. The number of carbonyl (C=O) groups is 2. The maximum absolute atomic E-state index is 12.3. The first-order valence-corrected chi connectivity index (χ1v) is 10.2. The number of carbonyl (C=O) groups excluding carboxylic acids is 2. The van der Waals surface area contributed by atoms with Gasteiger partial charge >= 0.3 is 6.09 Å². The SMILES string of the molecule is CC(C)(C)OC(=O)NCC(=O)c1ccc(-c2ccc(OCc3ccccc3)cc2)cc1. The fraction of sp³-hybridized carbons (Fsp3) is 0.231. The van der Waals surface area contributed by atoms with Gasteiger partial charge in [-0.15, -0.1) is 0 Å². The lowest BCUT2D eigenvalue weighted by Gasteiger charge is -2.19. The third kappa shape index (κ3) is 7.00. The molecular weight excluding hydrogens is 390 g/mol. The Morgan fingerprint density at radius 2 is 1.39 bits per heavy atom. The van der Waals surface area contributed by atoms with Crippen LogP contribution in [0.2, 0.25) is 0 Å². The van der Waals surface area contributed by atoms with Crippen LogP contribution in [0.25, 0.3) is 11.1 Å². The Labute approximate surface area is 183 Å². The van der Waals surface area contributed by atoms with Crippen LogP contribution in [0.1, 0.15) is 36.7 Å². The van der Waals surface area contributed by atoms with E-state index in [-0.39, 0.29) is 12.3 Å². The molecule has 0 atom stereocenters. The Bertz CT molecular complexity index is 1000. The van der Waals surface area contributed by atoms with Gasteiger partial charge < -0.3 is 14.8 Å². The Morgan fingerprint density at radius 3 is 1.97 bits per heavy atom. The molecule has 0 fully saturated rings. The highest BCUT2D eigenvalue weighted by Gasteiger charge is 2.17. The third-order valence-corrected chi connectivity index (χ3v) is 4.44. The molecule has 0 radical (unpaired) electrons. The Balaban J connectivity index is 1.54. The number of alkyl carbamates (subject to hydrolysis) is 1. The van der Waals surface area contributed by atoms with E-state index >= 15 is 0 Å². The lowest BCUT2D eigenvalue weighted by atomic mass is 10.0. The summed E-state index contributed by atoms with van der Waals surface area (Å²) in [5.41, 5.74) is 3.07. The van der Waals surface area contributed by atoms with Crippen molar-refractivity contribution < 1.29 is 19.1 Å². The molecule has 3 aromatic rings. The van der Waals surface area contributed by atoms with Crippen molar-refractivity contribution in [2.75, 3.05) is 6.54 Å². The Kier molecular flexibility index (Phi) is 7.08. The zero-order chi connectivity index (χ0) is 22.3. The fourth-order valence-electron chi connectivity index (χ4n) is 2.90. The van der Waals surface area contributed by atoms with Crippen LogP contribution in [-0.4, -0.2) is 24.0 Å². The van der Waals surface area contributed by atoms with E-state index in [0.717, 1.165) is 22.4 Å². The molecule has 5 nitrogen and oxygen atoms in total. The number of benzene rings is 3. The number of rotatable bonds is 7. The number of ketones is 1. The van der Waals surface area contributed by atoms with Gasteiger partial charge in [0.05, 0.1) is 6.54 Å². The lowest BCUT2D eigenvalue weighted by molar-refractivity contribution is 0.0520. The summed E-state index contributed by atoms with van der Waals surface area (Å²) in [4.78, 5) is 24.0. The van der Waals surface area contributed by atoms with Gasteiger partial charge in [-0.1, -0.05) is 66.7 Å². The second-order valence-electron chi connectivity index (χ2n) is 8.15. The van der Waals surface area contributed by atoms with Gasteiger partial charge in [0.1, 0.15) is 18.0 Å². The fourth-order valence-corrected chi connectivity index (χ4v) is 2.90. The molecule has 31 heavy (non-hydrogen) atoms. The van der Waals surface area contributed by atoms with Crippen LogP contribution in [0.5, 0.6) is 5.75 Å². The molecule has 1 N–H and O–H groups in total. The van der Waals surface area contributed by atoms with Crippen LogP contribution >= 0.6 is 0 Å². The topological polar surface area (TPSA) is 64.6 Å². The summed E-state index contributed by atoms with van der Waals surface area (Å²) in [6, 6.07) is 25.2. The van der Waals surface area contributed by atoms with E-state index in [9.17, 15) is 9.59 Å². The van der Waals surface area contributed by atoms with E-state index < -0.39 is 11.7 Å². The van der Waals surface area contributed by atoms with Crippen molar-refractivity contribution in [2.45, 2.75) is 33.0 Å². The highest BCUT2D eigenvalue weighted by Crippen LogP contribution is 2.23. The van der Waals surface area contributed by atoms with Crippen LogP contribution in [0.3, 0.4) is 0 Å². The summed E-state index contributed by atoms with van der Waals surface area (Å²) in [5, 5.41) is 2.49. The summed E-state index contributed by atoms with van der Waals surface area (Å²) in [5.74, 6) is 0.620. The van der Waals surface area contributed by atoms with E-state index in [2.05, 4.69) is 5.32 Å². The maximum Gasteiger partial charge on any atom is 0.408 e. The van der Waals surface area contributed by atoms with Crippen molar-refractivity contribution in [3.05, 3.63) is 90.0 Å². The van der Waals surface area contributed by atoms with Crippen LogP contribution in [0, 0.1) is 0 Å². The normalized spacial score (nSPS) is 10.9. The number of nitrogens with one attached hydrogen (secondary N) is 1. The standard InChI is InChI=1S/C26H27NO4/c1-26(2,3)31-25(29)27-17-24(28)22-11-9-20(10-12-22)21-13-15-23(16-14-21)30-18-19-7-5-4-6-8-19/h4-16H,17-18H2,1-3H3,(H,27,29). The average molecular weight is 418 g/mol. The minimum atomic E-state index is -0.605. The molecule has 160 valence electrons. The average Bonchev–Trinajstić information content (AvgIpc) is 2.76. The summed E-state index contributed by atoms with van der Waals surface area (Å²) >= 11 is 0. The molecule has 1 amide bonds. The van der Waals surface area contributed by atoms with Crippen molar-refractivity contribution >= 4 is 11.9 Å². The monoisotopic (exact) mass is 417 g/mol. The smallest absolute Gasteiger partial charge is 0.408 e. The molecule has 0 saturated heterocycles. The van der Waals surface area contributed by atoms with Crippen LogP contribution in [0.15, 0.2) is 78.9 Å². The predicted molar refractivity (Wildman–Crippen MR) is 121 cm³/mol. The minimum Gasteiger partial charge on any atom is -0.489 e. The molecule has 0 aliphatic rings. The number of ether oxygens (including phenoxy) is 2. The molecule has 0 bridgehead atoms. The van der Waals surface area contributed by atoms with Gasteiger partial charge in [0.25, 0.3) is 0 Å². The molecule has 0 unspecified atom stereocenters. The molecule has 5 heteroatoms. The van der Waals surface area contributed by atoms with E-state index in [1.54, 1.807) is 32.9 Å². The number of hydrogen-bond donors (Lipinski definition) is 1. The zero-order valence-electron chi connectivity index (χ0n) is 18.1. The highest BCUT2D eigenvalue weighted by molar-refractivity contribution is 5.99. The number of hydrogen-bond acceptors (Lipinski definition) is 4. The first-order chi connectivity index (χ1) is 14.8. The van der Waals surface area contributed by atoms with E-state index in [1.807, 2.05) is 66.7 Å². The van der Waals surface area contributed by atoms with Crippen molar-refractivity contribution in [3.63, 3.8) is 0 Å². The summed E-state index contributed by atoms with van der Waals surface area (Å²) < 4.78 is 11.0. The molecule has 0 saturated carbocycles. The molecule has 3 aromatic carbocycles. The van der Waals surface area contributed by atoms with E-state index in [4.69, 9.17) is 9.47 Å². The second kappa shape index (κ2) is 9.94. The van der Waals surface area contributed by atoms with Crippen molar-refractivity contribution in [1.82, 2.24) is 5.32 Å². The molecule has 0 heterocycles. The second-order valence-corrected chi connectivity index (χ2v) is 8.15. The molecule has 0 aromatic heterocycles. The predicted octanol–water partition coefficient (Wildman–Crippen LogP) is 5.64. The first-order valence-electron chi connectivity index (χ1n) is 10.2. The Hall–Kier alpha value is -3.60. The quantitative estimate of drug-likeness (QED) is 0.505. The number of Topliss-reactive ketones (excluding diaryl/α,β-unsaturated/α-hetero) is 1. The Morgan fingerprint density at radius 1 is 0.806 bits per heavy atom. The number of amides is 1. The van der Waals surface area contributed by atoms with Crippen molar-refractivity contribution in [1.29, 1.82) is 0 Å².